The number of hydrogen-bond acceptors (Lipinski definition) is 6. The Kier molecular flexibility index (Phi) is 5.30. The monoisotopic (exact) mass is 346 g/mol. The molecule has 1 saturated heterocycles. The summed E-state index contributed by atoms with van der Waals surface area (Å²) in [6.45, 7) is 2.22. The smallest absolute Gasteiger partial charge is 0.417 e. The normalized spacial score (nSPS) is 17.7. The fourth-order valence-electron chi connectivity index (χ4n) is 2.63. The van der Waals surface area contributed by atoms with Crippen LogP contribution in [0.4, 0.5) is 19.0 Å². The van der Waals surface area contributed by atoms with Gasteiger partial charge in [-0.15, -0.1) is 0 Å². The third kappa shape index (κ3) is 3.60. The third-order valence-corrected chi connectivity index (χ3v) is 3.71. The Balaban J connectivity index is 2.41. The molecule has 0 radical (unpaired) electrons. The number of nitrogens with zero attached hydrogens (tertiary/aromatic N) is 2. The number of rotatable bonds is 4. The maximum absolute atomic E-state index is 13.2. The molecule has 0 amide bonds. The van der Waals surface area contributed by atoms with E-state index < -0.39 is 35.3 Å². The molecule has 2 rings (SSSR count). The quantitative estimate of drug-likeness (QED) is 0.780. The minimum Gasteiger partial charge on any atom is -0.465 e. The average Bonchev–Trinajstić information content (AvgIpc) is 3.02. The predicted octanol–water partition coefficient (Wildman–Crippen LogP) is 2.42. The number of halogens is 3. The summed E-state index contributed by atoms with van der Waals surface area (Å²) in [4.78, 5) is 28.8. The van der Waals surface area contributed by atoms with E-state index >= 15 is 0 Å². The van der Waals surface area contributed by atoms with Crippen LogP contribution in [0.15, 0.2) is 12.3 Å². The summed E-state index contributed by atoms with van der Waals surface area (Å²) in [5, 5.41) is 0. The molecule has 0 unspecified atom stereocenters. The SMILES string of the molecule is CCOC(=O)[C@H]1CCCN1c1cc(C(F)(F)F)c(C(=O)OC)cn1. The zero-order valence-electron chi connectivity index (χ0n) is 13.2. The van der Waals surface area contributed by atoms with Crippen LogP contribution in [0.3, 0.4) is 0 Å². The maximum Gasteiger partial charge on any atom is 0.417 e. The highest BCUT2D eigenvalue weighted by Crippen LogP contribution is 2.35. The molecule has 1 aliphatic rings. The van der Waals surface area contributed by atoms with E-state index in [2.05, 4.69) is 9.72 Å². The van der Waals surface area contributed by atoms with E-state index in [4.69, 9.17) is 4.74 Å². The molecule has 0 aromatic carbocycles. The second kappa shape index (κ2) is 7.06. The van der Waals surface area contributed by atoms with Gasteiger partial charge >= 0.3 is 18.1 Å². The maximum atomic E-state index is 13.2. The number of aromatic nitrogens is 1. The Morgan fingerprint density at radius 3 is 2.71 bits per heavy atom. The summed E-state index contributed by atoms with van der Waals surface area (Å²) in [6.07, 6.45) is -2.82. The molecule has 6 nitrogen and oxygen atoms in total. The van der Waals surface area contributed by atoms with E-state index in [1.165, 1.54) is 4.90 Å². The highest BCUT2D eigenvalue weighted by atomic mass is 19.4. The molecule has 2 heterocycles. The number of pyridine rings is 1. The van der Waals surface area contributed by atoms with Gasteiger partial charge in [0, 0.05) is 12.7 Å². The van der Waals surface area contributed by atoms with Crippen LogP contribution in [0.1, 0.15) is 35.7 Å². The van der Waals surface area contributed by atoms with Crippen molar-refractivity contribution < 1.29 is 32.2 Å². The van der Waals surface area contributed by atoms with Gasteiger partial charge in [0.05, 0.1) is 24.8 Å². The van der Waals surface area contributed by atoms with Crippen molar-refractivity contribution >= 4 is 17.8 Å². The van der Waals surface area contributed by atoms with Crippen LogP contribution in [0.25, 0.3) is 0 Å². The van der Waals surface area contributed by atoms with Gasteiger partial charge in [0.25, 0.3) is 0 Å². The van der Waals surface area contributed by atoms with Gasteiger partial charge in [-0.05, 0) is 25.8 Å². The highest BCUT2D eigenvalue weighted by molar-refractivity contribution is 5.91. The molecule has 9 heteroatoms. The molecule has 1 aliphatic heterocycles. The van der Waals surface area contributed by atoms with Crippen molar-refractivity contribution in [2.45, 2.75) is 32.0 Å². The fourth-order valence-corrected chi connectivity index (χ4v) is 2.63. The van der Waals surface area contributed by atoms with Gasteiger partial charge in [-0.2, -0.15) is 13.2 Å². The summed E-state index contributed by atoms with van der Waals surface area (Å²) >= 11 is 0. The van der Waals surface area contributed by atoms with E-state index in [0.29, 0.717) is 19.4 Å². The van der Waals surface area contributed by atoms with Gasteiger partial charge in [-0.3, -0.25) is 0 Å². The van der Waals surface area contributed by atoms with Gasteiger partial charge < -0.3 is 14.4 Å². The van der Waals surface area contributed by atoms with Crippen LogP contribution < -0.4 is 4.90 Å². The van der Waals surface area contributed by atoms with Crippen LogP contribution in [-0.4, -0.2) is 43.2 Å². The molecule has 0 saturated carbocycles. The van der Waals surface area contributed by atoms with Gasteiger partial charge in [-0.1, -0.05) is 0 Å². The average molecular weight is 346 g/mol. The van der Waals surface area contributed by atoms with Crippen molar-refractivity contribution in [3.63, 3.8) is 0 Å². The molecule has 1 aromatic heterocycles. The van der Waals surface area contributed by atoms with Crippen molar-refractivity contribution in [1.82, 2.24) is 4.98 Å². The third-order valence-electron chi connectivity index (χ3n) is 3.71. The molecule has 1 aromatic rings. The van der Waals surface area contributed by atoms with Crippen molar-refractivity contribution in [2.75, 3.05) is 25.2 Å². The van der Waals surface area contributed by atoms with Crippen LogP contribution in [0, 0.1) is 0 Å². The number of esters is 2. The van der Waals surface area contributed by atoms with Crippen molar-refractivity contribution in [3.05, 3.63) is 23.4 Å². The number of carbonyl (C=O) groups is 2. The summed E-state index contributed by atoms with van der Waals surface area (Å²) in [6, 6.07) is 0.0894. The van der Waals surface area contributed by atoms with E-state index in [-0.39, 0.29) is 12.4 Å². The zero-order valence-corrected chi connectivity index (χ0v) is 13.2. The van der Waals surface area contributed by atoms with Crippen molar-refractivity contribution in [2.24, 2.45) is 0 Å². The number of ether oxygens (including phenoxy) is 2. The predicted molar refractivity (Wildman–Crippen MR) is 77.6 cm³/mol. The summed E-state index contributed by atoms with van der Waals surface area (Å²) in [7, 11) is 0.994. The number of alkyl halides is 3. The number of carbonyl (C=O) groups excluding carboxylic acids is 2. The standard InChI is InChI=1S/C15H17F3N2O4/c1-3-24-14(22)11-5-4-6-20(11)12-7-10(15(16,17)18)9(8-19-12)13(21)23-2/h7-8,11H,3-6H2,1-2H3/t11-/m1/s1. The zero-order chi connectivity index (χ0) is 17.9. The van der Waals surface area contributed by atoms with Gasteiger partial charge in [0.2, 0.25) is 0 Å². The Bertz CT molecular complexity index is 634. The minimum atomic E-state index is -4.75. The van der Waals surface area contributed by atoms with Gasteiger partial charge in [0.1, 0.15) is 11.9 Å². The van der Waals surface area contributed by atoms with Crippen molar-refractivity contribution in [1.29, 1.82) is 0 Å². The number of methoxy groups -OCH3 is 1. The highest BCUT2D eigenvalue weighted by Gasteiger charge is 2.39. The summed E-state index contributed by atoms with van der Waals surface area (Å²) < 4.78 is 49.0. The van der Waals surface area contributed by atoms with Crippen LogP contribution in [0.5, 0.6) is 0 Å². The fraction of sp³-hybridized carbons (Fsp3) is 0.533. The topological polar surface area (TPSA) is 68.7 Å². The van der Waals surface area contributed by atoms with Crippen LogP contribution >= 0.6 is 0 Å². The van der Waals surface area contributed by atoms with Crippen LogP contribution in [-0.2, 0) is 20.4 Å². The molecule has 0 N–H and O–H groups in total. The molecule has 0 bridgehead atoms. The Hall–Kier alpha value is -2.32. The Morgan fingerprint density at radius 1 is 1.42 bits per heavy atom. The first-order chi connectivity index (χ1) is 11.3. The van der Waals surface area contributed by atoms with Gasteiger partial charge in [0.15, 0.2) is 0 Å². The molecule has 0 spiro atoms. The Morgan fingerprint density at radius 2 is 2.12 bits per heavy atom. The van der Waals surface area contributed by atoms with E-state index in [1.807, 2.05) is 0 Å². The molecular weight excluding hydrogens is 329 g/mol. The molecule has 1 fully saturated rings. The van der Waals surface area contributed by atoms with E-state index in [0.717, 1.165) is 19.4 Å². The lowest BCUT2D eigenvalue weighted by molar-refractivity contribution is -0.144. The first kappa shape index (κ1) is 18.0. The number of hydrogen-bond donors (Lipinski definition) is 0. The summed E-state index contributed by atoms with van der Waals surface area (Å²) in [5.74, 6) is -1.64. The molecular formula is C15H17F3N2O4. The van der Waals surface area contributed by atoms with Crippen LogP contribution in [0.2, 0.25) is 0 Å². The summed E-state index contributed by atoms with van der Waals surface area (Å²) in [5.41, 5.74) is -1.81. The number of anilines is 1. The molecule has 24 heavy (non-hydrogen) atoms. The Labute approximate surface area is 136 Å². The van der Waals surface area contributed by atoms with E-state index in [1.54, 1.807) is 6.92 Å². The molecule has 1 atom stereocenters. The largest absolute Gasteiger partial charge is 0.465 e. The van der Waals surface area contributed by atoms with E-state index in [9.17, 15) is 22.8 Å². The second-order valence-electron chi connectivity index (χ2n) is 5.18. The lowest BCUT2D eigenvalue weighted by Gasteiger charge is -2.25. The lowest BCUT2D eigenvalue weighted by Crippen LogP contribution is -2.38. The minimum absolute atomic E-state index is 0.0227. The lowest BCUT2D eigenvalue weighted by atomic mass is 10.1. The first-order valence-corrected chi connectivity index (χ1v) is 7.38. The molecule has 132 valence electrons. The first-order valence-electron chi connectivity index (χ1n) is 7.38. The molecule has 0 aliphatic carbocycles. The van der Waals surface area contributed by atoms with Crippen molar-refractivity contribution in [3.8, 4) is 0 Å². The second-order valence-corrected chi connectivity index (χ2v) is 5.18. The van der Waals surface area contributed by atoms with Gasteiger partial charge in [-0.25, -0.2) is 14.6 Å².